The Morgan fingerprint density at radius 3 is 2.81 bits per heavy atom. The van der Waals surface area contributed by atoms with Gasteiger partial charge in [0.1, 0.15) is 0 Å². The van der Waals surface area contributed by atoms with Crippen LogP contribution in [0.2, 0.25) is 0 Å². The van der Waals surface area contributed by atoms with E-state index in [-0.39, 0.29) is 12.6 Å². The zero-order valence-electron chi connectivity index (χ0n) is 10.2. The lowest BCUT2D eigenvalue weighted by molar-refractivity contribution is 0.0750. The molecule has 2 aliphatic rings. The van der Waals surface area contributed by atoms with Crippen molar-refractivity contribution < 1.29 is 9.84 Å². The Hall–Kier alpha value is -0.160. The van der Waals surface area contributed by atoms with Gasteiger partial charge in [0.2, 0.25) is 0 Å². The first-order valence-corrected chi connectivity index (χ1v) is 6.45. The number of hydrogen-bond donors (Lipinski definition) is 2. The monoisotopic (exact) mass is 228 g/mol. The SMILES string of the molecule is CN(CC(CO)NC1CC1)CC1CCCO1. The molecule has 2 fully saturated rings. The lowest BCUT2D eigenvalue weighted by atomic mass is 10.2. The Morgan fingerprint density at radius 2 is 2.25 bits per heavy atom. The third-order valence-corrected chi connectivity index (χ3v) is 3.34. The number of ether oxygens (including phenoxy) is 1. The van der Waals surface area contributed by atoms with Crippen molar-refractivity contribution in [1.29, 1.82) is 0 Å². The van der Waals surface area contributed by atoms with Gasteiger partial charge in [0.25, 0.3) is 0 Å². The number of nitrogens with zero attached hydrogens (tertiary/aromatic N) is 1. The first-order valence-electron chi connectivity index (χ1n) is 6.45. The van der Waals surface area contributed by atoms with Crippen LogP contribution in [0.1, 0.15) is 25.7 Å². The van der Waals surface area contributed by atoms with Crippen molar-refractivity contribution in [2.75, 3.05) is 33.4 Å². The molecule has 1 saturated carbocycles. The number of likely N-dealkylation sites (N-methyl/N-ethyl adjacent to an activating group) is 1. The van der Waals surface area contributed by atoms with Gasteiger partial charge in [-0.2, -0.15) is 0 Å². The van der Waals surface area contributed by atoms with Crippen LogP contribution in [0.3, 0.4) is 0 Å². The molecule has 2 N–H and O–H groups in total. The van der Waals surface area contributed by atoms with E-state index in [1.165, 1.54) is 25.7 Å². The van der Waals surface area contributed by atoms with Crippen molar-refractivity contribution in [3.63, 3.8) is 0 Å². The van der Waals surface area contributed by atoms with Crippen molar-refractivity contribution in [2.45, 2.75) is 43.9 Å². The number of aliphatic hydroxyl groups is 1. The molecule has 1 aliphatic heterocycles. The van der Waals surface area contributed by atoms with E-state index in [2.05, 4.69) is 17.3 Å². The molecule has 2 rings (SSSR count). The number of rotatable bonds is 7. The van der Waals surface area contributed by atoms with E-state index in [1.807, 2.05) is 0 Å². The van der Waals surface area contributed by atoms with Gasteiger partial charge in [0.05, 0.1) is 12.7 Å². The van der Waals surface area contributed by atoms with Crippen LogP contribution in [-0.2, 0) is 4.74 Å². The molecule has 2 unspecified atom stereocenters. The fourth-order valence-corrected chi connectivity index (χ4v) is 2.33. The van der Waals surface area contributed by atoms with Crippen molar-refractivity contribution in [1.82, 2.24) is 10.2 Å². The molecule has 16 heavy (non-hydrogen) atoms. The quantitative estimate of drug-likeness (QED) is 0.654. The number of nitrogens with one attached hydrogen (secondary N) is 1. The summed E-state index contributed by atoms with van der Waals surface area (Å²) in [4.78, 5) is 2.27. The molecule has 0 bridgehead atoms. The van der Waals surface area contributed by atoms with Gasteiger partial charge in [0, 0.05) is 31.8 Å². The minimum atomic E-state index is 0.221. The normalized spacial score (nSPS) is 27.6. The van der Waals surface area contributed by atoms with Crippen LogP contribution in [0.5, 0.6) is 0 Å². The van der Waals surface area contributed by atoms with E-state index >= 15 is 0 Å². The summed E-state index contributed by atoms with van der Waals surface area (Å²) in [5.41, 5.74) is 0. The maximum absolute atomic E-state index is 9.29. The number of hydrogen-bond acceptors (Lipinski definition) is 4. The average Bonchev–Trinajstić information content (AvgIpc) is 2.93. The fourth-order valence-electron chi connectivity index (χ4n) is 2.33. The second-order valence-electron chi connectivity index (χ2n) is 5.18. The third kappa shape index (κ3) is 4.01. The van der Waals surface area contributed by atoms with Crippen molar-refractivity contribution in [3.8, 4) is 0 Å². The highest BCUT2D eigenvalue weighted by molar-refractivity contribution is 4.86. The van der Waals surface area contributed by atoms with Gasteiger partial charge in [-0.15, -0.1) is 0 Å². The first-order chi connectivity index (χ1) is 7.78. The maximum Gasteiger partial charge on any atom is 0.0702 e. The van der Waals surface area contributed by atoms with Crippen LogP contribution < -0.4 is 5.32 Å². The topological polar surface area (TPSA) is 44.7 Å². The Kier molecular flexibility index (Phi) is 4.58. The van der Waals surface area contributed by atoms with Crippen LogP contribution in [0.4, 0.5) is 0 Å². The van der Waals surface area contributed by atoms with Crippen molar-refractivity contribution >= 4 is 0 Å². The second-order valence-corrected chi connectivity index (χ2v) is 5.18. The van der Waals surface area contributed by atoms with E-state index in [1.54, 1.807) is 0 Å². The molecule has 4 heteroatoms. The molecule has 1 aliphatic carbocycles. The molecule has 0 aromatic carbocycles. The van der Waals surface area contributed by atoms with Crippen LogP contribution in [0.15, 0.2) is 0 Å². The van der Waals surface area contributed by atoms with Gasteiger partial charge in [-0.1, -0.05) is 0 Å². The van der Waals surface area contributed by atoms with E-state index in [0.29, 0.717) is 12.1 Å². The lowest BCUT2D eigenvalue weighted by Gasteiger charge is -2.25. The largest absolute Gasteiger partial charge is 0.395 e. The van der Waals surface area contributed by atoms with Gasteiger partial charge < -0.3 is 20.1 Å². The standard InChI is InChI=1S/C12H24N2O2/c1-14(8-12-3-2-6-16-12)7-11(9-15)13-10-4-5-10/h10-13,15H,2-9H2,1H3. The molecule has 0 spiro atoms. The average molecular weight is 228 g/mol. The molecule has 1 heterocycles. The Bertz CT molecular complexity index is 203. The van der Waals surface area contributed by atoms with Gasteiger partial charge >= 0.3 is 0 Å². The van der Waals surface area contributed by atoms with Crippen LogP contribution in [0.25, 0.3) is 0 Å². The van der Waals surface area contributed by atoms with Crippen molar-refractivity contribution in [2.24, 2.45) is 0 Å². The highest BCUT2D eigenvalue weighted by atomic mass is 16.5. The smallest absolute Gasteiger partial charge is 0.0702 e. The van der Waals surface area contributed by atoms with Crippen molar-refractivity contribution in [3.05, 3.63) is 0 Å². The highest BCUT2D eigenvalue weighted by Gasteiger charge is 2.25. The minimum absolute atomic E-state index is 0.221. The third-order valence-electron chi connectivity index (χ3n) is 3.34. The predicted octanol–water partition coefficient (Wildman–Crippen LogP) is 0.210. The molecular formula is C12H24N2O2. The van der Waals surface area contributed by atoms with Gasteiger partial charge in [-0.25, -0.2) is 0 Å². The summed E-state index contributed by atoms with van der Waals surface area (Å²) in [7, 11) is 2.11. The summed E-state index contributed by atoms with van der Waals surface area (Å²) >= 11 is 0. The summed E-state index contributed by atoms with van der Waals surface area (Å²) in [6.07, 6.45) is 5.33. The molecule has 94 valence electrons. The van der Waals surface area contributed by atoms with Crippen LogP contribution in [0, 0.1) is 0 Å². The van der Waals surface area contributed by atoms with Gasteiger partial charge in [-0.3, -0.25) is 0 Å². The maximum atomic E-state index is 9.29. The van der Waals surface area contributed by atoms with E-state index < -0.39 is 0 Å². The predicted molar refractivity (Wildman–Crippen MR) is 63.5 cm³/mol. The van der Waals surface area contributed by atoms with Crippen LogP contribution in [-0.4, -0.2) is 61.5 Å². The zero-order chi connectivity index (χ0) is 11.4. The summed E-state index contributed by atoms with van der Waals surface area (Å²) in [6, 6.07) is 0.882. The Morgan fingerprint density at radius 1 is 1.44 bits per heavy atom. The molecule has 0 aromatic rings. The Labute approximate surface area is 98.0 Å². The zero-order valence-corrected chi connectivity index (χ0v) is 10.2. The fraction of sp³-hybridized carbons (Fsp3) is 1.00. The second kappa shape index (κ2) is 5.96. The summed E-state index contributed by atoms with van der Waals surface area (Å²) in [5, 5.41) is 12.8. The molecule has 0 aromatic heterocycles. The Balaban J connectivity index is 1.64. The summed E-state index contributed by atoms with van der Waals surface area (Å²) in [6.45, 7) is 3.05. The summed E-state index contributed by atoms with van der Waals surface area (Å²) in [5.74, 6) is 0. The van der Waals surface area contributed by atoms with Gasteiger partial charge in [0.15, 0.2) is 0 Å². The molecular weight excluding hydrogens is 204 g/mol. The highest BCUT2D eigenvalue weighted by Crippen LogP contribution is 2.19. The molecule has 0 radical (unpaired) electrons. The van der Waals surface area contributed by atoms with Crippen LogP contribution >= 0.6 is 0 Å². The van der Waals surface area contributed by atoms with E-state index in [0.717, 1.165) is 19.7 Å². The van der Waals surface area contributed by atoms with E-state index in [9.17, 15) is 5.11 Å². The first kappa shape index (κ1) is 12.3. The molecule has 1 saturated heterocycles. The molecule has 0 amide bonds. The minimum Gasteiger partial charge on any atom is -0.395 e. The summed E-state index contributed by atoms with van der Waals surface area (Å²) < 4.78 is 5.61. The number of aliphatic hydroxyl groups excluding tert-OH is 1. The lowest BCUT2D eigenvalue weighted by Crippen LogP contribution is -2.44. The van der Waals surface area contributed by atoms with Gasteiger partial charge in [-0.05, 0) is 32.7 Å². The molecule has 4 nitrogen and oxygen atoms in total. The molecule has 2 atom stereocenters. The van der Waals surface area contributed by atoms with E-state index in [4.69, 9.17) is 4.74 Å².